The van der Waals surface area contributed by atoms with Gasteiger partial charge in [-0.05, 0) is 43.2 Å². The molecule has 3 amide bonds. The number of nitrogens with one attached hydrogen (secondary N) is 4. The van der Waals surface area contributed by atoms with Gasteiger partial charge in [0, 0.05) is 31.7 Å². The minimum Gasteiger partial charge on any atom is -0.465 e. The first-order valence-electron chi connectivity index (χ1n) is 15.2. The van der Waals surface area contributed by atoms with Gasteiger partial charge in [-0.25, -0.2) is 9.59 Å². The van der Waals surface area contributed by atoms with Crippen molar-refractivity contribution < 1.29 is 28.7 Å². The fraction of sp³-hybridized carbons (Fsp3) is 0.394. The number of amides is 3. The van der Waals surface area contributed by atoms with E-state index in [0.29, 0.717) is 38.0 Å². The molecule has 13 nitrogen and oxygen atoms in total. The van der Waals surface area contributed by atoms with Crippen LogP contribution in [0, 0.1) is 16.7 Å². The van der Waals surface area contributed by atoms with E-state index in [2.05, 4.69) is 16.0 Å². The van der Waals surface area contributed by atoms with E-state index in [4.69, 9.17) is 14.9 Å². The van der Waals surface area contributed by atoms with E-state index in [0.717, 1.165) is 30.4 Å². The zero-order valence-corrected chi connectivity index (χ0v) is 25.8. The summed E-state index contributed by atoms with van der Waals surface area (Å²) in [7, 11) is 1.17. The number of nitrogens with zero attached hydrogens (tertiary/aromatic N) is 3. The average Bonchev–Trinajstić information content (AvgIpc) is 3.57. The summed E-state index contributed by atoms with van der Waals surface area (Å²) in [4.78, 5) is 54.3. The van der Waals surface area contributed by atoms with Crippen LogP contribution in [0.5, 0.6) is 0 Å². The van der Waals surface area contributed by atoms with E-state index in [9.17, 15) is 24.4 Å². The second kappa shape index (κ2) is 16.6. The highest BCUT2D eigenvalue weighted by Gasteiger charge is 2.31. The van der Waals surface area contributed by atoms with Crippen LogP contribution in [0.1, 0.15) is 48.8 Å². The SMILES string of the molecule is COC(=O)/C(C#N)=C(\NCc1ccc(C(=N)NC(=O)OCc2ccccc2)cc1)N[C@H]1CCCCN(CC(=O)N2CCCC2)C1=O. The Morgan fingerprint density at radius 2 is 1.67 bits per heavy atom. The molecule has 2 aromatic rings. The number of benzene rings is 2. The molecule has 1 atom stereocenters. The van der Waals surface area contributed by atoms with Crippen LogP contribution >= 0.6 is 0 Å². The lowest BCUT2D eigenvalue weighted by atomic mass is 10.1. The largest absolute Gasteiger partial charge is 0.465 e. The summed E-state index contributed by atoms with van der Waals surface area (Å²) in [5, 5.41) is 26.6. The van der Waals surface area contributed by atoms with Crippen molar-refractivity contribution in [1.82, 2.24) is 25.8 Å². The number of amidine groups is 1. The van der Waals surface area contributed by atoms with Crippen molar-refractivity contribution in [2.24, 2.45) is 0 Å². The Labute approximate surface area is 268 Å². The molecule has 46 heavy (non-hydrogen) atoms. The van der Waals surface area contributed by atoms with Crippen LogP contribution in [0.3, 0.4) is 0 Å². The maximum atomic E-state index is 13.5. The van der Waals surface area contributed by atoms with Crippen LogP contribution in [0.25, 0.3) is 0 Å². The molecule has 2 aliphatic heterocycles. The molecular formula is C33H39N7O6. The second-order valence-electron chi connectivity index (χ2n) is 11.0. The molecule has 4 rings (SSSR count). The van der Waals surface area contributed by atoms with Crippen LogP contribution in [0.4, 0.5) is 4.79 Å². The van der Waals surface area contributed by atoms with Crippen molar-refractivity contribution in [2.45, 2.75) is 51.3 Å². The number of esters is 1. The van der Waals surface area contributed by atoms with Gasteiger partial charge in [-0.3, -0.25) is 20.3 Å². The number of hydrogen-bond acceptors (Lipinski definition) is 10. The Bertz CT molecular complexity index is 1480. The number of carbonyl (C=O) groups excluding carboxylic acids is 4. The molecule has 0 aliphatic carbocycles. The lowest BCUT2D eigenvalue weighted by Gasteiger charge is -2.28. The molecule has 0 spiro atoms. The van der Waals surface area contributed by atoms with Gasteiger partial charge in [0.1, 0.15) is 30.4 Å². The Morgan fingerprint density at radius 1 is 0.978 bits per heavy atom. The Hall–Kier alpha value is -5.38. The van der Waals surface area contributed by atoms with E-state index in [1.807, 2.05) is 36.4 Å². The number of hydrogen-bond donors (Lipinski definition) is 4. The van der Waals surface area contributed by atoms with Gasteiger partial charge < -0.3 is 29.9 Å². The summed E-state index contributed by atoms with van der Waals surface area (Å²) in [5.41, 5.74) is 1.67. The third kappa shape index (κ3) is 9.31. The smallest absolute Gasteiger partial charge is 0.413 e. The molecule has 0 saturated carbocycles. The van der Waals surface area contributed by atoms with Crippen molar-refractivity contribution in [1.29, 1.82) is 10.7 Å². The Balaban J connectivity index is 1.39. The first kappa shape index (κ1) is 33.5. The van der Waals surface area contributed by atoms with Crippen LogP contribution in [-0.4, -0.2) is 78.8 Å². The normalized spacial score (nSPS) is 16.8. The summed E-state index contributed by atoms with van der Waals surface area (Å²) in [6, 6.07) is 17.0. The van der Waals surface area contributed by atoms with Crippen LogP contribution in [-0.2, 0) is 37.0 Å². The quantitative estimate of drug-likeness (QED) is 0.0956. The predicted molar refractivity (Wildman–Crippen MR) is 168 cm³/mol. The fourth-order valence-corrected chi connectivity index (χ4v) is 5.23. The molecule has 2 saturated heterocycles. The number of carbonyl (C=O) groups is 4. The van der Waals surface area contributed by atoms with Crippen LogP contribution in [0.15, 0.2) is 66.0 Å². The standard InChI is InChI=1S/C33H39N7O6/c1-45-32(43)26(19-34)30(37-27-11-5-6-18-40(31(27)42)21-28(41)39-16-7-8-17-39)36-20-23-12-14-25(15-13-23)29(35)38-33(44)46-22-24-9-3-2-4-10-24/h2-4,9-10,12-15,27,36-37H,5-8,11,16-18,20-22H2,1H3,(H2,35,38,44)/b30-26+/t27-/m0/s1. The first-order chi connectivity index (χ1) is 22.3. The number of alkyl carbamates (subject to hydrolysis) is 1. The van der Waals surface area contributed by atoms with E-state index in [1.165, 1.54) is 7.11 Å². The summed E-state index contributed by atoms with van der Waals surface area (Å²) < 4.78 is 9.98. The molecule has 242 valence electrons. The molecule has 2 heterocycles. The van der Waals surface area contributed by atoms with Crippen LogP contribution in [0.2, 0.25) is 0 Å². The van der Waals surface area contributed by atoms with Gasteiger partial charge in [-0.1, -0.05) is 54.6 Å². The van der Waals surface area contributed by atoms with E-state index in [1.54, 1.807) is 34.1 Å². The van der Waals surface area contributed by atoms with Crippen molar-refractivity contribution in [2.75, 3.05) is 33.3 Å². The molecule has 0 unspecified atom stereocenters. The lowest BCUT2D eigenvalue weighted by molar-refractivity contribution is -0.140. The molecule has 13 heteroatoms. The molecule has 4 N–H and O–H groups in total. The van der Waals surface area contributed by atoms with Crippen molar-refractivity contribution in [3.63, 3.8) is 0 Å². The summed E-state index contributed by atoms with van der Waals surface area (Å²) >= 11 is 0. The third-order valence-electron chi connectivity index (χ3n) is 7.79. The summed E-state index contributed by atoms with van der Waals surface area (Å²) in [6.07, 6.45) is 3.06. The monoisotopic (exact) mass is 629 g/mol. The zero-order chi connectivity index (χ0) is 32.9. The number of methoxy groups -OCH3 is 1. The highest BCUT2D eigenvalue weighted by molar-refractivity contribution is 6.04. The Kier molecular flexibility index (Phi) is 12.1. The van der Waals surface area contributed by atoms with Gasteiger partial charge in [0.2, 0.25) is 11.8 Å². The maximum absolute atomic E-state index is 13.5. The maximum Gasteiger partial charge on any atom is 0.413 e. The third-order valence-corrected chi connectivity index (χ3v) is 7.79. The van der Waals surface area contributed by atoms with E-state index in [-0.39, 0.29) is 48.7 Å². The fourth-order valence-electron chi connectivity index (χ4n) is 5.23. The van der Waals surface area contributed by atoms with Gasteiger partial charge in [-0.2, -0.15) is 5.26 Å². The van der Waals surface area contributed by atoms with Gasteiger partial charge in [0.25, 0.3) is 0 Å². The summed E-state index contributed by atoms with van der Waals surface area (Å²) in [5.74, 6) is -1.32. The number of ether oxygens (including phenoxy) is 2. The minimum atomic E-state index is -0.867. The van der Waals surface area contributed by atoms with Crippen LogP contribution < -0.4 is 16.0 Å². The summed E-state index contributed by atoms with van der Waals surface area (Å²) in [6.45, 7) is 2.07. The van der Waals surface area contributed by atoms with Crippen molar-refractivity contribution in [3.8, 4) is 6.07 Å². The van der Waals surface area contributed by atoms with E-state index >= 15 is 0 Å². The zero-order valence-electron chi connectivity index (χ0n) is 25.8. The van der Waals surface area contributed by atoms with Gasteiger partial charge in [-0.15, -0.1) is 0 Å². The molecule has 0 radical (unpaired) electrons. The highest BCUT2D eigenvalue weighted by Crippen LogP contribution is 2.16. The number of nitriles is 1. The van der Waals surface area contributed by atoms with Gasteiger partial charge in [0.05, 0.1) is 13.7 Å². The van der Waals surface area contributed by atoms with Crippen molar-refractivity contribution >= 4 is 29.7 Å². The van der Waals surface area contributed by atoms with Crippen molar-refractivity contribution in [3.05, 3.63) is 82.7 Å². The van der Waals surface area contributed by atoms with Gasteiger partial charge in [0.15, 0.2) is 5.57 Å². The minimum absolute atomic E-state index is 0.00738. The topological polar surface area (TPSA) is 177 Å². The first-order valence-corrected chi connectivity index (χ1v) is 15.2. The van der Waals surface area contributed by atoms with Gasteiger partial charge >= 0.3 is 12.1 Å². The number of rotatable bonds is 11. The predicted octanol–water partition coefficient (Wildman–Crippen LogP) is 2.53. The lowest BCUT2D eigenvalue weighted by Crippen LogP contribution is -2.50. The molecule has 2 aromatic carbocycles. The molecule has 2 fully saturated rings. The Morgan fingerprint density at radius 3 is 2.35 bits per heavy atom. The van der Waals surface area contributed by atoms with E-state index < -0.39 is 18.1 Å². The second-order valence-corrected chi connectivity index (χ2v) is 11.0. The molecule has 0 bridgehead atoms. The number of likely N-dealkylation sites (tertiary alicyclic amines) is 2. The highest BCUT2D eigenvalue weighted by atomic mass is 16.5. The average molecular weight is 630 g/mol. The molecule has 2 aliphatic rings. The molecular weight excluding hydrogens is 590 g/mol. The molecule has 0 aromatic heterocycles.